The largest absolute Gasteiger partial charge is 0.392 e. The molecule has 3 N–H and O–H groups in total. The molecule has 0 aromatic rings. The van der Waals surface area contributed by atoms with Crippen molar-refractivity contribution in [3.8, 4) is 0 Å². The van der Waals surface area contributed by atoms with Crippen LogP contribution in [-0.2, 0) is 9.53 Å². The van der Waals surface area contributed by atoms with Crippen molar-refractivity contribution in [1.29, 1.82) is 0 Å². The van der Waals surface area contributed by atoms with Crippen molar-refractivity contribution in [2.24, 2.45) is 5.41 Å². The Bertz CT molecular complexity index is 256. The van der Waals surface area contributed by atoms with Gasteiger partial charge in [-0.1, -0.05) is 13.8 Å². The molecule has 0 saturated heterocycles. The fourth-order valence-corrected chi connectivity index (χ4v) is 1.99. The van der Waals surface area contributed by atoms with Gasteiger partial charge in [-0.2, -0.15) is 0 Å². The topological polar surface area (TPSA) is 70.6 Å². The molecular weight excluding hydrogens is 220 g/mol. The summed E-state index contributed by atoms with van der Waals surface area (Å²) in [5, 5.41) is 15.6. The number of hydrogen-bond donors (Lipinski definition) is 3. The van der Waals surface area contributed by atoms with Crippen LogP contribution in [0.2, 0.25) is 0 Å². The number of hydrogen-bond acceptors (Lipinski definition) is 4. The van der Waals surface area contributed by atoms with Crippen LogP contribution in [0.3, 0.4) is 0 Å². The molecule has 0 aliphatic heterocycles. The van der Waals surface area contributed by atoms with Gasteiger partial charge in [0.15, 0.2) is 0 Å². The van der Waals surface area contributed by atoms with Crippen LogP contribution < -0.4 is 10.6 Å². The van der Waals surface area contributed by atoms with Crippen molar-refractivity contribution in [2.45, 2.75) is 38.8 Å². The molecule has 2 unspecified atom stereocenters. The standard InChI is InChI=1S/C12H24N2O3/c1-12(2)9(8-10(12)15)13-5-4-11(16)14-6-7-17-3/h9-10,13,15H,4-8H2,1-3H3,(H,14,16). The third kappa shape index (κ3) is 3.94. The second-order valence-electron chi connectivity index (χ2n) is 5.17. The van der Waals surface area contributed by atoms with Crippen LogP contribution in [0.1, 0.15) is 26.7 Å². The lowest BCUT2D eigenvalue weighted by Gasteiger charge is -2.49. The van der Waals surface area contributed by atoms with E-state index in [-0.39, 0.29) is 17.4 Å². The summed E-state index contributed by atoms with van der Waals surface area (Å²) in [6, 6.07) is 0.310. The SMILES string of the molecule is COCCNC(=O)CCNC1CC(O)C1(C)C. The zero-order chi connectivity index (χ0) is 12.9. The molecule has 1 saturated carbocycles. The Labute approximate surface area is 103 Å². The molecule has 2 atom stereocenters. The van der Waals surface area contributed by atoms with E-state index in [0.29, 0.717) is 32.2 Å². The van der Waals surface area contributed by atoms with Crippen LogP contribution in [0.15, 0.2) is 0 Å². The van der Waals surface area contributed by atoms with Crippen LogP contribution in [0.5, 0.6) is 0 Å². The molecule has 0 radical (unpaired) electrons. The molecule has 1 fully saturated rings. The maximum atomic E-state index is 11.4. The summed E-state index contributed by atoms with van der Waals surface area (Å²) in [7, 11) is 1.61. The van der Waals surface area contributed by atoms with Gasteiger partial charge in [0.25, 0.3) is 0 Å². The number of amides is 1. The maximum Gasteiger partial charge on any atom is 0.221 e. The summed E-state index contributed by atoms with van der Waals surface area (Å²) in [5.41, 5.74) is -0.0769. The predicted octanol–water partition coefficient (Wildman–Crippen LogP) is -0.112. The quantitative estimate of drug-likeness (QED) is 0.546. The van der Waals surface area contributed by atoms with Crippen LogP contribution in [0, 0.1) is 5.41 Å². The first kappa shape index (κ1) is 14.4. The number of methoxy groups -OCH3 is 1. The Morgan fingerprint density at radius 1 is 1.47 bits per heavy atom. The highest BCUT2D eigenvalue weighted by molar-refractivity contribution is 5.76. The van der Waals surface area contributed by atoms with Gasteiger partial charge in [-0.25, -0.2) is 0 Å². The van der Waals surface area contributed by atoms with Crippen LogP contribution in [0.25, 0.3) is 0 Å². The minimum atomic E-state index is -0.226. The lowest BCUT2D eigenvalue weighted by molar-refractivity contribution is -0.121. The minimum Gasteiger partial charge on any atom is -0.392 e. The normalized spacial score (nSPS) is 26.4. The molecule has 0 heterocycles. The van der Waals surface area contributed by atoms with E-state index in [2.05, 4.69) is 10.6 Å². The first-order chi connectivity index (χ1) is 7.98. The van der Waals surface area contributed by atoms with Crippen molar-refractivity contribution in [3.05, 3.63) is 0 Å². The Morgan fingerprint density at radius 2 is 2.18 bits per heavy atom. The monoisotopic (exact) mass is 244 g/mol. The van der Waals surface area contributed by atoms with Gasteiger partial charge in [0.1, 0.15) is 0 Å². The van der Waals surface area contributed by atoms with Gasteiger partial charge in [-0.05, 0) is 6.42 Å². The molecule has 0 spiro atoms. The van der Waals surface area contributed by atoms with E-state index in [1.807, 2.05) is 13.8 Å². The predicted molar refractivity (Wildman–Crippen MR) is 65.7 cm³/mol. The lowest BCUT2D eigenvalue weighted by atomic mass is 9.64. The molecule has 100 valence electrons. The fourth-order valence-electron chi connectivity index (χ4n) is 1.99. The van der Waals surface area contributed by atoms with Gasteiger partial charge in [0.2, 0.25) is 5.91 Å². The number of carbonyl (C=O) groups excluding carboxylic acids is 1. The van der Waals surface area contributed by atoms with E-state index in [9.17, 15) is 9.90 Å². The summed E-state index contributed by atoms with van der Waals surface area (Å²) in [5.74, 6) is 0.0345. The molecule has 17 heavy (non-hydrogen) atoms. The summed E-state index contributed by atoms with van der Waals surface area (Å²) in [4.78, 5) is 11.4. The van der Waals surface area contributed by atoms with Gasteiger partial charge in [-0.15, -0.1) is 0 Å². The van der Waals surface area contributed by atoms with E-state index in [1.54, 1.807) is 7.11 Å². The van der Waals surface area contributed by atoms with E-state index in [1.165, 1.54) is 0 Å². The molecule has 0 aromatic carbocycles. The number of carbonyl (C=O) groups is 1. The second kappa shape index (κ2) is 6.33. The molecule has 0 aromatic heterocycles. The van der Waals surface area contributed by atoms with Gasteiger partial charge in [0.05, 0.1) is 12.7 Å². The molecule has 1 aliphatic carbocycles. The number of ether oxygens (including phenoxy) is 1. The van der Waals surface area contributed by atoms with E-state index in [0.717, 1.165) is 6.42 Å². The number of rotatable bonds is 7. The third-order valence-electron chi connectivity index (χ3n) is 3.59. The smallest absolute Gasteiger partial charge is 0.221 e. The molecular formula is C12H24N2O3. The summed E-state index contributed by atoms with van der Waals surface area (Å²) >= 11 is 0. The van der Waals surface area contributed by atoms with Crippen molar-refractivity contribution < 1.29 is 14.6 Å². The molecule has 1 aliphatic rings. The lowest BCUT2D eigenvalue weighted by Crippen LogP contribution is -2.60. The van der Waals surface area contributed by atoms with E-state index < -0.39 is 0 Å². The first-order valence-electron chi connectivity index (χ1n) is 6.15. The molecule has 5 nitrogen and oxygen atoms in total. The van der Waals surface area contributed by atoms with Crippen molar-refractivity contribution in [2.75, 3.05) is 26.8 Å². The average molecular weight is 244 g/mol. The summed E-state index contributed by atoms with van der Waals surface area (Å²) < 4.78 is 4.84. The van der Waals surface area contributed by atoms with Crippen LogP contribution >= 0.6 is 0 Å². The highest BCUT2D eigenvalue weighted by Gasteiger charge is 2.46. The second-order valence-corrected chi connectivity index (χ2v) is 5.17. The number of nitrogens with one attached hydrogen (secondary N) is 2. The summed E-state index contributed by atoms with van der Waals surface area (Å²) in [6.07, 6.45) is 1.01. The minimum absolute atomic E-state index is 0.0345. The van der Waals surface area contributed by atoms with Crippen molar-refractivity contribution >= 4 is 5.91 Å². The Balaban J connectivity index is 2.06. The van der Waals surface area contributed by atoms with E-state index in [4.69, 9.17) is 4.74 Å². The molecule has 0 bridgehead atoms. The first-order valence-corrected chi connectivity index (χ1v) is 6.15. The fraction of sp³-hybridized carbons (Fsp3) is 0.917. The zero-order valence-corrected chi connectivity index (χ0v) is 11.0. The van der Waals surface area contributed by atoms with Crippen LogP contribution in [-0.4, -0.2) is 50.0 Å². The van der Waals surface area contributed by atoms with Gasteiger partial charge in [-0.3, -0.25) is 4.79 Å². The summed E-state index contributed by atoms with van der Waals surface area (Å²) in [6.45, 7) is 5.83. The zero-order valence-electron chi connectivity index (χ0n) is 11.0. The third-order valence-corrected chi connectivity index (χ3v) is 3.59. The molecule has 1 amide bonds. The highest BCUT2D eigenvalue weighted by atomic mass is 16.5. The Morgan fingerprint density at radius 3 is 2.71 bits per heavy atom. The molecule has 5 heteroatoms. The number of aliphatic hydroxyl groups is 1. The van der Waals surface area contributed by atoms with Crippen molar-refractivity contribution in [3.63, 3.8) is 0 Å². The average Bonchev–Trinajstić information content (AvgIpc) is 2.28. The van der Waals surface area contributed by atoms with Gasteiger partial charge in [0, 0.05) is 38.1 Å². The Hall–Kier alpha value is -0.650. The van der Waals surface area contributed by atoms with Gasteiger partial charge < -0.3 is 20.5 Å². The van der Waals surface area contributed by atoms with Crippen molar-refractivity contribution in [1.82, 2.24) is 10.6 Å². The maximum absolute atomic E-state index is 11.4. The molecule has 1 rings (SSSR count). The van der Waals surface area contributed by atoms with E-state index >= 15 is 0 Å². The van der Waals surface area contributed by atoms with Gasteiger partial charge >= 0.3 is 0 Å². The van der Waals surface area contributed by atoms with Crippen LogP contribution in [0.4, 0.5) is 0 Å². The Kier molecular flexibility index (Phi) is 5.36. The highest BCUT2D eigenvalue weighted by Crippen LogP contribution is 2.40. The number of aliphatic hydroxyl groups excluding tert-OH is 1.